The van der Waals surface area contributed by atoms with Crippen LogP contribution in [0.3, 0.4) is 0 Å². The summed E-state index contributed by atoms with van der Waals surface area (Å²) in [5.41, 5.74) is 1.12. The monoisotopic (exact) mass is 227 g/mol. The van der Waals surface area contributed by atoms with Crippen LogP contribution in [0.4, 0.5) is 0 Å². The molecule has 0 fully saturated rings. The number of halogens is 1. The Morgan fingerprint density at radius 3 is 2.40 bits per heavy atom. The average Bonchev–Trinajstić information content (AvgIpc) is 2.18. The molecule has 2 nitrogen and oxygen atoms in total. The summed E-state index contributed by atoms with van der Waals surface area (Å²) < 4.78 is 0. The molecule has 0 radical (unpaired) electrons. The van der Waals surface area contributed by atoms with Crippen molar-refractivity contribution in [3.63, 3.8) is 0 Å². The molecular formula is C12H18ClNO. The minimum Gasteiger partial charge on any atom is -0.396 e. The summed E-state index contributed by atoms with van der Waals surface area (Å²) in [6.07, 6.45) is 0.775. The smallest absolute Gasteiger partial charge is 0.0443 e. The van der Waals surface area contributed by atoms with E-state index in [1.165, 1.54) is 5.56 Å². The Labute approximate surface area is 96.3 Å². The van der Waals surface area contributed by atoms with E-state index in [4.69, 9.17) is 16.7 Å². The van der Waals surface area contributed by atoms with Gasteiger partial charge in [-0.2, -0.15) is 0 Å². The number of nitrogens with one attached hydrogen (secondary N) is 1. The van der Waals surface area contributed by atoms with Gasteiger partial charge >= 0.3 is 0 Å². The summed E-state index contributed by atoms with van der Waals surface area (Å²) in [7, 11) is 0. The lowest BCUT2D eigenvalue weighted by atomic mass is 9.94. The van der Waals surface area contributed by atoms with Crippen molar-refractivity contribution in [2.24, 2.45) is 0 Å². The van der Waals surface area contributed by atoms with E-state index in [2.05, 4.69) is 19.2 Å². The molecule has 84 valence electrons. The van der Waals surface area contributed by atoms with Gasteiger partial charge in [-0.1, -0.05) is 23.7 Å². The third-order valence-corrected chi connectivity index (χ3v) is 2.72. The zero-order valence-electron chi connectivity index (χ0n) is 9.26. The molecule has 2 N–H and O–H groups in total. The van der Waals surface area contributed by atoms with Crippen LogP contribution in [0.5, 0.6) is 0 Å². The first-order valence-corrected chi connectivity index (χ1v) is 5.56. The van der Waals surface area contributed by atoms with E-state index in [1.807, 2.05) is 24.3 Å². The van der Waals surface area contributed by atoms with E-state index < -0.39 is 0 Å². The second-order valence-electron chi connectivity index (χ2n) is 4.14. The average molecular weight is 228 g/mol. The highest BCUT2D eigenvalue weighted by Crippen LogP contribution is 2.21. The normalized spacial score (nSPS) is 11.7. The van der Waals surface area contributed by atoms with E-state index in [1.54, 1.807) is 0 Å². The lowest BCUT2D eigenvalue weighted by Crippen LogP contribution is -2.37. The third kappa shape index (κ3) is 3.82. The highest BCUT2D eigenvalue weighted by Gasteiger charge is 2.18. The minimum atomic E-state index is -0.0836. The van der Waals surface area contributed by atoms with Crippen LogP contribution < -0.4 is 5.32 Å². The Bertz CT molecular complexity index is 295. The van der Waals surface area contributed by atoms with E-state index in [0.717, 1.165) is 18.0 Å². The highest BCUT2D eigenvalue weighted by atomic mass is 35.5. The summed E-state index contributed by atoms with van der Waals surface area (Å²) in [6, 6.07) is 7.83. The molecule has 0 bridgehead atoms. The number of hydrogen-bond acceptors (Lipinski definition) is 2. The summed E-state index contributed by atoms with van der Waals surface area (Å²) in [5, 5.41) is 12.9. The van der Waals surface area contributed by atoms with Crippen molar-refractivity contribution in [3.8, 4) is 0 Å². The quantitative estimate of drug-likeness (QED) is 0.758. The molecule has 0 aromatic heterocycles. The van der Waals surface area contributed by atoms with Crippen LogP contribution in [-0.2, 0) is 5.54 Å². The standard InChI is InChI=1S/C12H18ClNO/c1-12(2,14-8-3-9-15)10-4-6-11(13)7-5-10/h4-7,14-15H,3,8-9H2,1-2H3. The van der Waals surface area contributed by atoms with Gasteiger partial charge in [-0.25, -0.2) is 0 Å². The molecule has 0 aliphatic heterocycles. The van der Waals surface area contributed by atoms with Crippen molar-refractivity contribution in [2.45, 2.75) is 25.8 Å². The van der Waals surface area contributed by atoms with Crippen molar-refractivity contribution in [1.82, 2.24) is 5.32 Å². The Morgan fingerprint density at radius 2 is 1.87 bits per heavy atom. The van der Waals surface area contributed by atoms with Crippen LogP contribution in [0.1, 0.15) is 25.8 Å². The number of hydrogen-bond donors (Lipinski definition) is 2. The van der Waals surface area contributed by atoms with Gasteiger partial charge in [0, 0.05) is 17.2 Å². The maximum Gasteiger partial charge on any atom is 0.0443 e. The molecule has 1 aromatic rings. The first kappa shape index (κ1) is 12.5. The van der Waals surface area contributed by atoms with Gasteiger partial charge < -0.3 is 10.4 Å². The van der Waals surface area contributed by atoms with Crippen molar-refractivity contribution >= 4 is 11.6 Å². The van der Waals surface area contributed by atoms with E-state index >= 15 is 0 Å². The SMILES string of the molecule is CC(C)(NCCCO)c1ccc(Cl)cc1. The lowest BCUT2D eigenvalue weighted by molar-refractivity contribution is 0.275. The first-order chi connectivity index (χ1) is 7.06. The van der Waals surface area contributed by atoms with Crippen molar-refractivity contribution < 1.29 is 5.11 Å². The van der Waals surface area contributed by atoms with Crippen LogP contribution in [0.2, 0.25) is 5.02 Å². The number of aliphatic hydroxyl groups excluding tert-OH is 1. The molecule has 1 rings (SSSR count). The Balaban J connectivity index is 2.63. The Kier molecular flexibility index (Phi) is 4.58. The lowest BCUT2D eigenvalue weighted by Gasteiger charge is -2.27. The summed E-state index contributed by atoms with van der Waals surface area (Å²) in [4.78, 5) is 0. The molecule has 3 heteroatoms. The van der Waals surface area contributed by atoms with Crippen LogP contribution in [0.15, 0.2) is 24.3 Å². The molecule has 0 atom stereocenters. The first-order valence-electron chi connectivity index (χ1n) is 5.18. The Hall–Kier alpha value is -0.570. The number of benzene rings is 1. The molecule has 0 spiro atoms. The molecule has 0 aliphatic carbocycles. The third-order valence-electron chi connectivity index (χ3n) is 2.47. The predicted molar refractivity (Wildman–Crippen MR) is 64.2 cm³/mol. The van der Waals surface area contributed by atoms with Gasteiger partial charge in [0.1, 0.15) is 0 Å². The van der Waals surface area contributed by atoms with Gasteiger partial charge in [0.15, 0.2) is 0 Å². The zero-order chi connectivity index (χ0) is 11.3. The molecule has 0 aliphatic rings. The molecule has 0 saturated heterocycles. The fourth-order valence-electron chi connectivity index (χ4n) is 1.45. The van der Waals surface area contributed by atoms with E-state index in [9.17, 15) is 0 Å². The summed E-state index contributed by atoms with van der Waals surface area (Å²) >= 11 is 5.84. The minimum absolute atomic E-state index is 0.0836. The maximum atomic E-state index is 8.71. The van der Waals surface area contributed by atoms with Crippen LogP contribution in [0, 0.1) is 0 Å². The summed E-state index contributed by atoms with van der Waals surface area (Å²) in [6.45, 7) is 5.27. The van der Waals surface area contributed by atoms with Gasteiger partial charge in [-0.05, 0) is 44.5 Å². The fourth-order valence-corrected chi connectivity index (χ4v) is 1.57. The largest absolute Gasteiger partial charge is 0.396 e. The zero-order valence-corrected chi connectivity index (χ0v) is 10.0. The Morgan fingerprint density at radius 1 is 1.27 bits per heavy atom. The maximum absolute atomic E-state index is 8.71. The topological polar surface area (TPSA) is 32.3 Å². The van der Waals surface area contributed by atoms with Gasteiger partial charge in [-0.3, -0.25) is 0 Å². The van der Waals surface area contributed by atoms with Gasteiger partial charge in [0.25, 0.3) is 0 Å². The van der Waals surface area contributed by atoms with Crippen LogP contribution in [-0.4, -0.2) is 18.3 Å². The molecule has 0 amide bonds. The predicted octanol–water partition coefficient (Wildman–Crippen LogP) is 2.55. The van der Waals surface area contributed by atoms with Crippen molar-refractivity contribution in [2.75, 3.05) is 13.2 Å². The second-order valence-corrected chi connectivity index (χ2v) is 4.57. The molecule has 1 aromatic carbocycles. The number of aliphatic hydroxyl groups is 1. The van der Waals surface area contributed by atoms with E-state index in [0.29, 0.717) is 0 Å². The van der Waals surface area contributed by atoms with Crippen molar-refractivity contribution in [1.29, 1.82) is 0 Å². The van der Waals surface area contributed by atoms with Crippen LogP contribution >= 0.6 is 11.6 Å². The second kappa shape index (κ2) is 5.50. The fraction of sp³-hybridized carbons (Fsp3) is 0.500. The molecule has 0 saturated carbocycles. The van der Waals surface area contributed by atoms with Crippen molar-refractivity contribution in [3.05, 3.63) is 34.9 Å². The molecule has 15 heavy (non-hydrogen) atoms. The number of rotatable bonds is 5. The van der Waals surface area contributed by atoms with Gasteiger partial charge in [0.05, 0.1) is 0 Å². The van der Waals surface area contributed by atoms with Crippen LogP contribution in [0.25, 0.3) is 0 Å². The molecule has 0 unspecified atom stereocenters. The summed E-state index contributed by atoms with van der Waals surface area (Å²) in [5.74, 6) is 0. The van der Waals surface area contributed by atoms with Gasteiger partial charge in [-0.15, -0.1) is 0 Å². The molecular weight excluding hydrogens is 210 g/mol. The van der Waals surface area contributed by atoms with E-state index in [-0.39, 0.29) is 12.1 Å². The highest BCUT2D eigenvalue weighted by molar-refractivity contribution is 6.30. The van der Waals surface area contributed by atoms with Gasteiger partial charge in [0.2, 0.25) is 0 Å². The molecule has 0 heterocycles.